The van der Waals surface area contributed by atoms with E-state index in [0.717, 1.165) is 32.4 Å². The Hall–Kier alpha value is -2.05. The van der Waals surface area contributed by atoms with Crippen molar-refractivity contribution >= 4 is 12.0 Å². The van der Waals surface area contributed by atoms with Crippen molar-refractivity contribution in [2.75, 3.05) is 19.6 Å². The maximum Gasteiger partial charge on any atom is 0.410 e. The number of hydrogen-bond donors (Lipinski definition) is 0. The van der Waals surface area contributed by atoms with E-state index in [4.69, 9.17) is 9.15 Å². The molecule has 4 heterocycles. The molecule has 7 heteroatoms. The maximum absolute atomic E-state index is 12.7. The summed E-state index contributed by atoms with van der Waals surface area (Å²) in [7, 11) is 0. The van der Waals surface area contributed by atoms with Crippen molar-refractivity contribution in [3.63, 3.8) is 0 Å². The highest BCUT2D eigenvalue weighted by Crippen LogP contribution is 2.53. The molecule has 1 aromatic rings. The Morgan fingerprint density at radius 3 is 2.68 bits per heavy atom. The van der Waals surface area contributed by atoms with Gasteiger partial charge in [-0.3, -0.25) is 4.79 Å². The SMILES string of the molecule is CC(C)(C)OC(=O)N1CC2CC1C2c1ocnc1C(=O)N1CCCC1. The van der Waals surface area contributed by atoms with Crippen LogP contribution in [0.1, 0.15) is 62.2 Å². The number of amides is 2. The molecule has 0 N–H and O–H groups in total. The van der Waals surface area contributed by atoms with Crippen LogP contribution in [-0.4, -0.2) is 58.1 Å². The number of hydrogen-bond acceptors (Lipinski definition) is 5. The molecular weight excluding hydrogens is 322 g/mol. The Morgan fingerprint density at radius 1 is 1.28 bits per heavy atom. The van der Waals surface area contributed by atoms with Crippen LogP contribution in [0.5, 0.6) is 0 Å². The van der Waals surface area contributed by atoms with Crippen molar-refractivity contribution in [3.8, 4) is 0 Å². The molecule has 5 rings (SSSR count). The molecule has 2 bridgehead atoms. The number of likely N-dealkylation sites (tertiary alicyclic amines) is 1. The van der Waals surface area contributed by atoms with Crippen LogP contribution in [0.25, 0.3) is 0 Å². The van der Waals surface area contributed by atoms with Crippen molar-refractivity contribution in [2.24, 2.45) is 5.92 Å². The number of carbonyl (C=O) groups is 2. The third-order valence-corrected chi connectivity index (χ3v) is 5.42. The number of oxazole rings is 1. The first kappa shape index (κ1) is 16.4. The normalized spacial score (nSPS) is 28.2. The summed E-state index contributed by atoms with van der Waals surface area (Å²) in [5.41, 5.74) is -0.0875. The second-order valence-corrected chi connectivity index (χ2v) is 8.29. The Kier molecular flexibility index (Phi) is 3.77. The van der Waals surface area contributed by atoms with Gasteiger partial charge >= 0.3 is 6.09 Å². The largest absolute Gasteiger partial charge is 0.447 e. The Morgan fingerprint density at radius 2 is 2.00 bits per heavy atom. The molecule has 0 spiro atoms. The smallest absolute Gasteiger partial charge is 0.410 e. The summed E-state index contributed by atoms with van der Waals surface area (Å²) in [6, 6.07) is 0.0397. The molecule has 3 atom stereocenters. The number of rotatable bonds is 2. The van der Waals surface area contributed by atoms with Gasteiger partial charge in [-0.2, -0.15) is 0 Å². The number of carbonyl (C=O) groups excluding carboxylic acids is 2. The van der Waals surface area contributed by atoms with Gasteiger partial charge in [-0.15, -0.1) is 0 Å². The first-order chi connectivity index (χ1) is 11.8. The standard InChI is InChI=1S/C18H25N3O4/c1-18(2,3)25-17(23)21-9-11-8-12(21)13(11)15-14(19-10-24-15)16(22)20-6-4-5-7-20/h10-13H,4-9H2,1-3H3. The van der Waals surface area contributed by atoms with E-state index < -0.39 is 5.60 Å². The Labute approximate surface area is 147 Å². The highest BCUT2D eigenvalue weighted by Gasteiger charge is 2.57. The number of aromatic nitrogens is 1. The third kappa shape index (κ3) is 2.79. The predicted octanol–water partition coefficient (Wildman–Crippen LogP) is 2.63. The van der Waals surface area contributed by atoms with Crippen LogP contribution >= 0.6 is 0 Å². The molecule has 2 amide bonds. The highest BCUT2D eigenvalue weighted by atomic mass is 16.6. The second kappa shape index (κ2) is 5.75. The second-order valence-electron chi connectivity index (χ2n) is 8.29. The third-order valence-electron chi connectivity index (χ3n) is 5.42. The number of fused-ring (bicyclic) bond motifs is 1. The van der Waals surface area contributed by atoms with Crippen molar-refractivity contribution in [2.45, 2.75) is 57.6 Å². The van der Waals surface area contributed by atoms with Crippen molar-refractivity contribution in [3.05, 3.63) is 17.8 Å². The molecular formula is C18H25N3O4. The summed E-state index contributed by atoms with van der Waals surface area (Å²) in [4.78, 5) is 33.0. The lowest BCUT2D eigenvalue weighted by molar-refractivity contribution is 0.0227. The summed E-state index contributed by atoms with van der Waals surface area (Å²) in [6.07, 6.45) is 4.09. The van der Waals surface area contributed by atoms with Gasteiger partial charge in [-0.05, 0) is 46.0 Å². The van der Waals surface area contributed by atoms with Gasteiger partial charge in [0.15, 0.2) is 12.1 Å². The molecule has 4 aliphatic rings. The predicted molar refractivity (Wildman–Crippen MR) is 89.2 cm³/mol. The maximum atomic E-state index is 12.7. The molecule has 0 aromatic carbocycles. The summed E-state index contributed by atoms with van der Waals surface area (Å²) >= 11 is 0. The van der Waals surface area contributed by atoms with E-state index >= 15 is 0 Å². The van der Waals surface area contributed by atoms with Gasteiger partial charge < -0.3 is 19.0 Å². The van der Waals surface area contributed by atoms with Crippen LogP contribution < -0.4 is 0 Å². The van der Waals surface area contributed by atoms with E-state index in [0.29, 0.717) is 23.9 Å². The van der Waals surface area contributed by atoms with Gasteiger partial charge in [0, 0.05) is 31.6 Å². The van der Waals surface area contributed by atoms with Crippen LogP contribution in [-0.2, 0) is 4.74 Å². The molecule has 1 aromatic heterocycles. The van der Waals surface area contributed by atoms with Gasteiger partial charge in [-0.1, -0.05) is 0 Å². The molecule has 136 valence electrons. The topological polar surface area (TPSA) is 75.9 Å². The zero-order chi connectivity index (χ0) is 17.8. The van der Waals surface area contributed by atoms with E-state index in [1.807, 2.05) is 25.7 Å². The first-order valence-electron chi connectivity index (χ1n) is 9.07. The van der Waals surface area contributed by atoms with E-state index in [1.165, 1.54) is 6.39 Å². The molecule has 1 saturated carbocycles. The Bertz CT molecular complexity index is 687. The first-order valence-corrected chi connectivity index (χ1v) is 9.07. The molecule has 3 aliphatic heterocycles. The summed E-state index contributed by atoms with van der Waals surface area (Å²) < 4.78 is 11.1. The molecule has 25 heavy (non-hydrogen) atoms. The average molecular weight is 347 g/mol. The van der Waals surface area contributed by atoms with Crippen LogP contribution in [0.4, 0.5) is 4.79 Å². The van der Waals surface area contributed by atoms with Crippen molar-refractivity contribution < 1.29 is 18.7 Å². The molecule has 4 fully saturated rings. The van der Waals surface area contributed by atoms with Crippen molar-refractivity contribution in [1.29, 1.82) is 0 Å². The van der Waals surface area contributed by atoms with Crippen LogP contribution in [0.2, 0.25) is 0 Å². The van der Waals surface area contributed by atoms with Gasteiger partial charge in [0.05, 0.1) is 0 Å². The van der Waals surface area contributed by atoms with Crippen LogP contribution in [0.15, 0.2) is 10.8 Å². The fourth-order valence-corrected chi connectivity index (χ4v) is 4.26. The highest BCUT2D eigenvalue weighted by molar-refractivity contribution is 5.93. The minimum atomic E-state index is -0.511. The van der Waals surface area contributed by atoms with E-state index in [2.05, 4.69) is 4.98 Å². The quantitative estimate of drug-likeness (QED) is 0.822. The zero-order valence-electron chi connectivity index (χ0n) is 15.0. The van der Waals surface area contributed by atoms with E-state index in [-0.39, 0.29) is 24.0 Å². The lowest BCUT2D eigenvalue weighted by atomic mass is 9.72. The molecule has 3 unspecified atom stereocenters. The number of ether oxygens (including phenoxy) is 1. The average Bonchev–Trinajstić information content (AvgIpc) is 3.27. The Balaban J connectivity index is 1.51. The minimum Gasteiger partial charge on any atom is -0.447 e. The van der Waals surface area contributed by atoms with Gasteiger partial charge in [0.2, 0.25) is 0 Å². The zero-order valence-corrected chi connectivity index (χ0v) is 15.0. The van der Waals surface area contributed by atoms with Crippen molar-refractivity contribution in [1.82, 2.24) is 14.8 Å². The van der Waals surface area contributed by atoms with Crippen LogP contribution in [0, 0.1) is 5.92 Å². The van der Waals surface area contributed by atoms with Gasteiger partial charge in [0.25, 0.3) is 5.91 Å². The summed E-state index contributed by atoms with van der Waals surface area (Å²) in [6.45, 7) is 7.83. The van der Waals surface area contributed by atoms with Crippen LogP contribution in [0.3, 0.4) is 0 Å². The molecule has 3 saturated heterocycles. The fourth-order valence-electron chi connectivity index (χ4n) is 4.26. The minimum absolute atomic E-state index is 0.0397. The monoisotopic (exact) mass is 347 g/mol. The summed E-state index contributed by atoms with van der Waals surface area (Å²) in [5.74, 6) is 0.966. The molecule has 7 nitrogen and oxygen atoms in total. The van der Waals surface area contributed by atoms with Gasteiger partial charge in [0.1, 0.15) is 11.4 Å². The number of nitrogens with zero attached hydrogens (tertiary/aromatic N) is 3. The summed E-state index contributed by atoms with van der Waals surface area (Å²) in [5, 5.41) is 0. The molecule has 1 aliphatic carbocycles. The fraction of sp³-hybridized carbons (Fsp3) is 0.722. The molecule has 0 radical (unpaired) electrons. The van der Waals surface area contributed by atoms with Gasteiger partial charge in [-0.25, -0.2) is 9.78 Å². The lowest BCUT2D eigenvalue weighted by Crippen LogP contribution is -2.42. The van der Waals surface area contributed by atoms with E-state index in [9.17, 15) is 9.59 Å². The van der Waals surface area contributed by atoms with E-state index in [1.54, 1.807) is 4.90 Å². The lowest BCUT2D eigenvalue weighted by Gasteiger charge is -2.35.